The van der Waals surface area contributed by atoms with E-state index in [1.807, 2.05) is 28.0 Å². The molecular weight excluding hydrogens is 356 g/mol. The van der Waals surface area contributed by atoms with Gasteiger partial charge in [0.1, 0.15) is 0 Å². The molecule has 1 aliphatic heterocycles. The van der Waals surface area contributed by atoms with E-state index in [1.54, 1.807) is 6.07 Å². The topological polar surface area (TPSA) is 71.7 Å². The van der Waals surface area contributed by atoms with E-state index < -0.39 is 0 Å². The van der Waals surface area contributed by atoms with Crippen LogP contribution >= 0.6 is 11.6 Å². The average Bonchev–Trinajstić information content (AvgIpc) is 3.11. The summed E-state index contributed by atoms with van der Waals surface area (Å²) in [6, 6.07) is 7.34. The third kappa shape index (κ3) is 4.81. The standard InChI is InChI=1S/C18H23ClN4O3/c1-2-7-22(13-17(24)23-8-10-25-11-9-23)12-16-20-21-18(26-16)14-5-3-4-6-15(14)19/h3-6H,2,7-13H2,1H3. The molecule has 0 unspecified atom stereocenters. The lowest BCUT2D eigenvalue weighted by molar-refractivity contribution is -0.136. The molecule has 0 atom stereocenters. The molecule has 1 aliphatic rings. The summed E-state index contributed by atoms with van der Waals surface area (Å²) in [4.78, 5) is 16.4. The first-order valence-corrected chi connectivity index (χ1v) is 9.20. The Morgan fingerprint density at radius 3 is 2.77 bits per heavy atom. The molecule has 0 bridgehead atoms. The Labute approximate surface area is 157 Å². The molecule has 2 aromatic rings. The number of rotatable bonds is 7. The monoisotopic (exact) mass is 378 g/mol. The van der Waals surface area contributed by atoms with Gasteiger partial charge in [0.15, 0.2) is 0 Å². The summed E-state index contributed by atoms with van der Waals surface area (Å²) in [5, 5.41) is 8.77. The van der Waals surface area contributed by atoms with E-state index in [-0.39, 0.29) is 5.91 Å². The number of amides is 1. The minimum Gasteiger partial charge on any atom is -0.419 e. The molecule has 26 heavy (non-hydrogen) atoms. The molecule has 0 spiro atoms. The average molecular weight is 379 g/mol. The minimum atomic E-state index is 0.104. The molecule has 8 heteroatoms. The number of hydrogen-bond acceptors (Lipinski definition) is 6. The molecule has 1 saturated heterocycles. The number of nitrogens with zero attached hydrogens (tertiary/aromatic N) is 4. The maximum atomic E-state index is 12.5. The lowest BCUT2D eigenvalue weighted by Crippen LogP contribution is -2.45. The zero-order valence-electron chi connectivity index (χ0n) is 14.9. The van der Waals surface area contributed by atoms with Crippen molar-refractivity contribution in [3.8, 4) is 11.5 Å². The highest BCUT2D eigenvalue weighted by Crippen LogP contribution is 2.26. The Morgan fingerprint density at radius 1 is 1.27 bits per heavy atom. The Balaban J connectivity index is 1.64. The van der Waals surface area contributed by atoms with E-state index >= 15 is 0 Å². The molecule has 1 fully saturated rings. The molecule has 1 amide bonds. The first kappa shape index (κ1) is 18.8. The van der Waals surface area contributed by atoms with Crippen molar-refractivity contribution in [3.05, 3.63) is 35.2 Å². The van der Waals surface area contributed by atoms with Gasteiger partial charge in [-0.2, -0.15) is 0 Å². The van der Waals surface area contributed by atoms with Crippen LogP contribution in [0.4, 0.5) is 0 Å². The number of ether oxygens (including phenoxy) is 1. The lowest BCUT2D eigenvalue weighted by atomic mass is 10.2. The van der Waals surface area contributed by atoms with E-state index in [4.69, 9.17) is 20.8 Å². The third-order valence-corrected chi connectivity index (χ3v) is 4.52. The number of benzene rings is 1. The van der Waals surface area contributed by atoms with Crippen molar-refractivity contribution < 1.29 is 13.9 Å². The lowest BCUT2D eigenvalue weighted by Gasteiger charge is -2.29. The fourth-order valence-electron chi connectivity index (χ4n) is 2.89. The van der Waals surface area contributed by atoms with E-state index in [0.29, 0.717) is 61.8 Å². The number of hydrogen-bond donors (Lipinski definition) is 0. The third-order valence-electron chi connectivity index (χ3n) is 4.19. The molecule has 0 radical (unpaired) electrons. The molecule has 2 heterocycles. The maximum Gasteiger partial charge on any atom is 0.249 e. The van der Waals surface area contributed by atoms with E-state index in [0.717, 1.165) is 13.0 Å². The van der Waals surface area contributed by atoms with Crippen LogP contribution in [0, 0.1) is 0 Å². The van der Waals surface area contributed by atoms with Crippen molar-refractivity contribution in [2.75, 3.05) is 39.4 Å². The molecular formula is C18H23ClN4O3. The molecule has 7 nitrogen and oxygen atoms in total. The van der Waals surface area contributed by atoms with Gasteiger partial charge in [0, 0.05) is 13.1 Å². The quantitative estimate of drug-likeness (QED) is 0.737. The van der Waals surface area contributed by atoms with Crippen LogP contribution in [0.2, 0.25) is 5.02 Å². The maximum absolute atomic E-state index is 12.5. The normalized spacial score (nSPS) is 14.8. The van der Waals surface area contributed by atoms with Crippen molar-refractivity contribution in [2.45, 2.75) is 19.9 Å². The van der Waals surface area contributed by atoms with Crippen LogP contribution in [-0.2, 0) is 16.1 Å². The van der Waals surface area contributed by atoms with Gasteiger partial charge in [-0.05, 0) is 25.1 Å². The number of aromatic nitrogens is 2. The number of halogens is 1. The summed E-state index contributed by atoms with van der Waals surface area (Å²) in [7, 11) is 0. The summed E-state index contributed by atoms with van der Waals surface area (Å²) >= 11 is 6.18. The van der Waals surface area contributed by atoms with Gasteiger partial charge in [0.2, 0.25) is 17.7 Å². The summed E-state index contributed by atoms with van der Waals surface area (Å²) in [6.45, 7) is 6.12. The Morgan fingerprint density at radius 2 is 2.04 bits per heavy atom. The van der Waals surface area contributed by atoms with Crippen molar-refractivity contribution >= 4 is 17.5 Å². The van der Waals surface area contributed by atoms with Gasteiger partial charge in [-0.25, -0.2) is 0 Å². The molecule has 0 N–H and O–H groups in total. The van der Waals surface area contributed by atoms with E-state index in [2.05, 4.69) is 17.1 Å². The van der Waals surface area contributed by atoms with Gasteiger partial charge in [0.05, 0.1) is 36.9 Å². The zero-order valence-corrected chi connectivity index (χ0v) is 15.6. The van der Waals surface area contributed by atoms with E-state index in [1.165, 1.54) is 0 Å². The Kier molecular flexibility index (Phi) is 6.60. The smallest absolute Gasteiger partial charge is 0.249 e. The predicted octanol–water partition coefficient (Wildman–Crippen LogP) is 2.46. The van der Waals surface area contributed by atoms with Crippen LogP contribution in [0.15, 0.2) is 28.7 Å². The summed E-state index contributed by atoms with van der Waals surface area (Å²) in [5.41, 5.74) is 0.708. The highest BCUT2D eigenvalue weighted by molar-refractivity contribution is 6.33. The van der Waals surface area contributed by atoms with Crippen molar-refractivity contribution in [3.63, 3.8) is 0 Å². The highest BCUT2D eigenvalue weighted by atomic mass is 35.5. The predicted molar refractivity (Wildman–Crippen MR) is 97.7 cm³/mol. The van der Waals surface area contributed by atoms with Gasteiger partial charge >= 0.3 is 0 Å². The minimum absolute atomic E-state index is 0.104. The fraction of sp³-hybridized carbons (Fsp3) is 0.500. The first-order chi connectivity index (χ1) is 12.7. The SMILES string of the molecule is CCCN(CC(=O)N1CCOCC1)Cc1nnc(-c2ccccc2Cl)o1. The number of carbonyl (C=O) groups is 1. The van der Waals surface area contributed by atoms with Gasteiger partial charge < -0.3 is 14.1 Å². The molecule has 0 aliphatic carbocycles. The largest absolute Gasteiger partial charge is 0.419 e. The van der Waals surface area contributed by atoms with Crippen molar-refractivity contribution in [2.24, 2.45) is 0 Å². The van der Waals surface area contributed by atoms with Gasteiger partial charge in [-0.1, -0.05) is 30.7 Å². The van der Waals surface area contributed by atoms with Gasteiger partial charge in [0.25, 0.3) is 0 Å². The second-order valence-corrected chi connectivity index (χ2v) is 6.59. The van der Waals surface area contributed by atoms with Crippen LogP contribution < -0.4 is 0 Å². The van der Waals surface area contributed by atoms with Crippen LogP contribution in [0.25, 0.3) is 11.5 Å². The van der Waals surface area contributed by atoms with Gasteiger partial charge in [-0.15, -0.1) is 10.2 Å². The molecule has 0 saturated carbocycles. The van der Waals surface area contributed by atoms with Crippen molar-refractivity contribution in [1.82, 2.24) is 20.0 Å². The van der Waals surface area contributed by atoms with Crippen molar-refractivity contribution in [1.29, 1.82) is 0 Å². The summed E-state index contributed by atoms with van der Waals surface area (Å²) in [5.74, 6) is 0.970. The van der Waals surface area contributed by atoms with E-state index in [9.17, 15) is 4.79 Å². The molecule has 140 valence electrons. The second-order valence-electron chi connectivity index (χ2n) is 6.18. The molecule has 1 aromatic carbocycles. The van der Waals surface area contributed by atoms with Crippen LogP contribution in [0.1, 0.15) is 19.2 Å². The van der Waals surface area contributed by atoms with Gasteiger partial charge in [-0.3, -0.25) is 9.69 Å². The zero-order chi connectivity index (χ0) is 18.4. The van der Waals surface area contributed by atoms with Crippen LogP contribution in [-0.4, -0.2) is 65.3 Å². The Hall–Kier alpha value is -1.96. The van der Waals surface area contributed by atoms with Crippen LogP contribution in [0.3, 0.4) is 0 Å². The summed E-state index contributed by atoms with van der Waals surface area (Å²) < 4.78 is 11.1. The second kappa shape index (κ2) is 9.12. The highest BCUT2D eigenvalue weighted by Gasteiger charge is 2.21. The first-order valence-electron chi connectivity index (χ1n) is 8.82. The van der Waals surface area contributed by atoms with Crippen LogP contribution in [0.5, 0.6) is 0 Å². The number of carbonyl (C=O) groups excluding carboxylic acids is 1. The number of morpholine rings is 1. The molecule has 3 rings (SSSR count). The molecule has 1 aromatic heterocycles. The Bertz CT molecular complexity index is 731. The fourth-order valence-corrected chi connectivity index (χ4v) is 3.10. The summed E-state index contributed by atoms with van der Waals surface area (Å²) in [6.07, 6.45) is 0.932.